The molecule has 1 saturated heterocycles. The van der Waals surface area contributed by atoms with E-state index in [-0.39, 0.29) is 24.0 Å². The molecule has 0 aliphatic carbocycles. The van der Waals surface area contributed by atoms with E-state index in [4.69, 9.17) is 15.0 Å². The van der Waals surface area contributed by atoms with Gasteiger partial charge in [-0.2, -0.15) is 23.1 Å². The number of alkyl halides is 3. The van der Waals surface area contributed by atoms with Crippen molar-refractivity contribution in [2.24, 2.45) is 0 Å². The van der Waals surface area contributed by atoms with Crippen LogP contribution in [0.15, 0.2) is 53.3 Å². The highest BCUT2D eigenvalue weighted by atomic mass is 19.4. The van der Waals surface area contributed by atoms with Crippen molar-refractivity contribution in [1.82, 2.24) is 14.6 Å². The Balaban J connectivity index is 1.45. The molecular formula is C27H26F3N7O3. The molecule has 3 aromatic rings. The number of ether oxygens (including phenoxy) is 1. The van der Waals surface area contributed by atoms with Crippen LogP contribution in [0.5, 0.6) is 0 Å². The maximum atomic E-state index is 13.9. The van der Waals surface area contributed by atoms with Gasteiger partial charge in [0.05, 0.1) is 67.0 Å². The van der Waals surface area contributed by atoms with Crippen molar-refractivity contribution in [2.75, 3.05) is 55.3 Å². The first kappa shape index (κ1) is 27.0. The minimum absolute atomic E-state index is 0.0688. The number of morpholine rings is 1. The molecule has 0 saturated carbocycles. The lowest BCUT2D eigenvalue weighted by Crippen LogP contribution is -2.52. The van der Waals surface area contributed by atoms with Crippen molar-refractivity contribution in [3.8, 4) is 6.07 Å². The average Bonchev–Trinajstić information content (AvgIpc) is 2.97. The number of nitrogens with one attached hydrogen (secondary N) is 1. The number of hydrazine groups is 1. The van der Waals surface area contributed by atoms with Gasteiger partial charge in [0, 0.05) is 25.6 Å². The van der Waals surface area contributed by atoms with Gasteiger partial charge >= 0.3 is 6.18 Å². The second kappa shape index (κ2) is 10.9. The summed E-state index contributed by atoms with van der Waals surface area (Å²) in [6.07, 6.45) is -4.11. The number of benzene rings is 2. The fourth-order valence-corrected chi connectivity index (χ4v) is 4.69. The lowest BCUT2D eigenvalue weighted by atomic mass is 10.0. The topological polar surface area (TPSA) is 107 Å². The Morgan fingerprint density at radius 1 is 1.07 bits per heavy atom. The summed E-state index contributed by atoms with van der Waals surface area (Å²) < 4.78 is 45.9. The number of fused-ring (bicyclic) bond motifs is 1. The predicted octanol–water partition coefficient (Wildman–Crippen LogP) is 2.76. The molecule has 0 bridgehead atoms. The molecule has 0 unspecified atom stereocenters. The van der Waals surface area contributed by atoms with Gasteiger partial charge in [-0.05, 0) is 48.5 Å². The van der Waals surface area contributed by atoms with Gasteiger partial charge in [-0.1, -0.05) is 0 Å². The van der Waals surface area contributed by atoms with Crippen LogP contribution in [0.2, 0.25) is 0 Å². The van der Waals surface area contributed by atoms with E-state index < -0.39 is 11.7 Å². The van der Waals surface area contributed by atoms with Gasteiger partial charge in [0.25, 0.3) is 11.5 Å². The number of hydrogen-bond acceptors (Lipinski definition) is 8. The van der Waals surface area contributed by atoms with Crippen molar-refractivity contribution in [3.05, 3.63) is 86.8 Å². The van der Waals surface area contributed by atoms with E-state index in [1.54, 1.807) is 41.2 Å². The summed E-state index contributed by atoms with van der Waals surface area (Å²) in [6.45, 7) is 2.06. The zero-order chi connectivity index (χ0) is 28.4. The van der Waals surface area contributed by atoms with Crippen LogP contribution in [0.4, 0.5) is 24.8 Å². The molecule has 40 heavy (non-hydrogen) atoms. The number of carbonyl (C=O) groups is 1. The van der Waals surface area contributed by atoms with E-state index in [0.717, 1.165) is 12.1 Å². The summed E-state index contributed by atoms with van der Waals surface area (Å²) in [5.74, 6) is -0.0448. The summed E-state index contributed by atoms with van der Waals surface area (Å²) in [7, 11) is 1.62. The molecule has 0 atom stereocenters. The molecule has 1 aromatic heterocycles. The molecule has 13 heteroatoms. The molecule has 5 rings (SSSR count). The lowest BCUT2D eigenvalue weighted by Gasteiger charge is -2.35. The number of rotatable bonds is 5. The highest BCUT2D eigenvalue weighted by molar-refractivity contribution is 5.94. The van der Waals surface area contributed by atoms with Gasteiger partial charge < -0.3 is 14.6 Å². The van der Waals surface area contributed by atoms with E-state index in [1.807, 2.05) is 6.07 Å². The molecule has 208 valence electrons. The third kappa shape index (κ3) is 5.43. The van der Waals surface area contributed by atoms with Crippen LogP contribution in [-0.4, -0.2) is 60.4 Å². The van der Waals surface area contributed by atoms with E-state index >= 15 is 0 Å². The second-order valence-corrected chi connectivity index (χ2v) is 9.42. The maximum Gasteiger partial charge on any atom is 0.416 e. The van der Waals surface area contributed by atoms with Crippen LogP contribution in [0.1, 0.15) is 32.7 Å². The first-order chi connectivity index (χ1) is 19.2. The number of halogens is 3. The van der Waals surface area contributed by atoms with Crippen molar-refractivity contribution < 1.29 is 22.7 Å². The number of carbonyl (C=O) groups excluding carboxylic acids is 1. The SMILES string of the molecule is CN(Nc1nc2c(c(=O)n1N1CCOCC1)CN(C(=O)c1ccc(C#N)cc1)CC2)c1ccc(C(F)(F)F)cc1. The summed E-state index contributed by atoms with van der Waals surface area (Å²) in [4.78, 5) is 33.4. The highest BCUT2D eigenvalue weighted by Crippen LogP contribution is 2.30. The van der Waals surface area contributed by atoms with E-state index in [0.29, 0.717) is 67.3 Å². The van der Waals surface area contributed by atoms with Gasteiger partial charge in [-0.15, -0.1) is 0 Å². The zero-order valence-electron chi connectivity index (χ0n) is 21.6. The Bertz CT molecular complexity index is 1490. The number of amides is 1. The Morgan fingerprint density at radius 2 is 1.75 bits per heavy atom. The molecule has 1 amide bonds. The number of anilines is 2. The second-order valence-electron chi connectivity index (χ2n) is 9.42. The average molecular weight is 554 g/mol. The number of nitriles is 1. The Hall–Kier alpha value is -4.57. The standard InChI is InChI=1S/C27H26F3N7O3/c1-34(21-8-6-20(7-9-21)27(28,29)30)33-26-32-23-10-11-35(24(38)19-4-2-18(16-31)3-5-19)17-22(23)25(39)37(26)36-12-14-40-15-13-36/h2-9H,10-15,17H2,1H3,(H,32,33). The van der Waals surface area contributed by atoms with Crippen LogP contribution < -0.4 is 21.0 Å². The van der Waals surface area contributed by atoms with Gasteiger partial charge in [0.15, 0.2) is 0 Å². The van der Waals surface area contributed by atoms with Crippen LogP contribution in [-0.2, 0) is 23.9 Å². The lowest BCUT2D eigenvalue weighted by molar-refractivity contribution is -0.137. The number of aromatic nitrogens is 2. The molecule has 1 fully saturated rings. The molecule has 0 spiro atoms. The summed E-state index contributed by atoms with van der Waals surface area (Å²) in [5.41, 5.74) is 4.19. The third-order valence-electron chi connectivity index (χ3n) is 6.88. The summed E-state index contributed by atoms with van der Waals surface area (Å²) in [5, 5.41) is 12.3. The van der Waals surface area contributed by atoms with Gasteiger partial charge in [0.1, 0.15) is 0 Å². The van der Waals surface area contributed by atoms with Gasteiger partial charge in [0.2, 0.25) is 5.95 Å². The monoisotopic (exact) mass is 553 g/mol. The van der Waals surface area contributed by atoms with E-state index in [1.165, 1.54) is 21.8 Å². The van der Waals surface area contributed by atoms with Crippen LogP contribution >= 0.6 is 0 Å². The smallest absolute Gasteiger partial charge is 0.378 e. The molecule has 10 nitrogen and oxygen atoms in total. The normalized spacial score (nSPS) is 15.3. The summed E-state index contributed by atoms with van der Waals surface area (Å²) >= 11 is 0. The van der Waals surface area contributed by atoms with E-state index in [9.17, 15) is 22.8 Å². The Labute approximate surface area is 227 Å². The molecular weight excluding hydrogens is 527 g/mol. The fourth-order valence-electron chi connectivity index (χ4n) is 4.69. The van der Waals surface area contributed by atoms with Crippen molar-refractivity contribution in [3.63, 3.8) is 0 Å². The quantitative estimate of drug-likeness (QED) is 0.481. The molecule has 1 N–H and O–H groups in total. The fraction of sp³-hybridized carbons (Fsp3) is 0.333. The number of nitrogens with zero attached hydrogens (tertiary/aromatic N) is 6. The Kier molecular flexibility index (Phi) is 7.36. The molecule has 2 aromatic carbocycles. The molecule has 0 radical (unpaired) electrons. The highest BCUT2D eigenvalue weighted by Gasteiger charge is 2.31. The van der Waals surface area contributed by atoms with Crippen molar-refractivity contribution in [1.29, 1.82) is 5.26 Å². The minimum atomic E-state index is -4.45. The first-order valence-electron chi connectivity index (χ1n) is 12.6. The number of hydrogen-bond donors (Lipinski definition) is 1. The van der Waals surface area contributed by atoms with Crippen molar-refractivity contribution >= 4 is 17.5 Å². The van der Waals surface area contributed by atoms with Crippen LogP contribution in [0.25, 0.3) is 0 Å². The molecule has 2 aliphatic rings. The summed E-state index contributed by atoms with van der Waals surface area (Å²) in [6, 6.07) is 13.0. The molecule has 2 aliphatic heterocycles. The maximum absolute atomic E-state index is 13.9. The third-order valence-corrected chi connectivity index (χ3v) is 6.88. The van der Waals surface area contributed by atoms with Crippen LogP contribution in [0.3, 0.4) is 0 Å². The van der Waals surface area contributed by atoms with Gasteiger partial charge in [-0.3, -0.25) is 20.0 Å². The van der Waals surface area contributed by atoms with Crippen LogP contribution in [0, 0.1) is 11.3 Å². The van der Waals surface area contributed by atoms with E-state index in [2.05, 4.69) is 5.43 Å². The minimum Gasteiger partial charge on any atom is -0.378 e. The zero-order valence-corrected chi connectivity index (χ0v) is 21.6. The van der Waals surface area contributed by atoms with Crippen molar-refractivity contribution in [2.45, 2.75) is 19.1 Å². The first-order valence-corrected chi connectivity index (χ1v) is 12.6. The Morgan fingerprint density at radius 3 is 2.38 bits per heavy atom. The largest absolute Gasteiger partial charge is 0.416 e. The molecule has 3 heterocycles. The van der Waals surface area contributed by atoms with Gasteiger partial charge in [-0.25, -0.2) is 4.98 Å². The predicted molar refractivity (Wildman–Crippen MR) is 140 cm³/mol.